The van der Waals surface area contributed by atoms with E-state index in [2.05, 4.69) is 86.6 Å². The number of aromatic hydroxyl groups is 2. The third-order valence-electron chi connectivity index (χ3n) is 9.28. The summed E-state index contributed by atoms with van der Waals surface area (Å²) in [4.78, 5) is 0. The van der Waals surface area contributed by atoms with Crippen LogP contribution in [0.2, 0.25) is 0 Å². The quantitative estimate of drug-likeness (QED) is 0.159. The summed E-state index contributed by atoms with van der Waals surface area (Å²) in [5.74, 6) is 0.768. The minimum absolute atomic E-state index is 0.0337. The van der Waals surface area contributed by atoms with Gasteiger partial charge < -0.3 is 10.2 Å². The molecule has 0 bridgehead atoms. The Morgan fingerprint density at radius 3 is 1.09 bits per heavy atom. The van der Waals surface area contributed by atoms with E-state index in [0.29, 0.717) is 11.5 Å². The Morgan fingerprint density at radius 1 is 0.488 bits per heavy atom. The van der Waals surface area contributed by atoms with Gasteiger partial charge in [-0.2, -0.15) is 0 Å². The molecular weight excluding hydrogens is 524 g/mol. The third-order valence-corrected chi connectivity index (χ3v) is 9.28. The van der Waals surface area contributed by atoms with Gasteiger partial charge in [-0.25, -0.2) is 0 Å². The smallest absolute Gasteiger partial charge is 0.123 e. The fourth-order valence-electron chi connectivity index (χ4n) is 6.66. The lowest BCUT2D eigenvalue weighted by Gasteiger charge is -2.29. The largest absolute Gasteiger partial charge is 0.507 e. The van der Waals surface area contributed by atoms with Crippen LogP contribution in [0.3, 0.4) is 0 Å². The van der Waals surface area contributed by atoms with Gasteiger partial charge >= 0.3 is 0 Å². The first-order valence-corrected chi connectivity index (χ1v) is 17.9. The van der Waals surface area contributed by atoms with Gasteiger partial charge in [-0.3, -0.25) is 0 Å². The minimum atomic E-state index is -0.158. The lowest BCUT2D eigenvalue weighted by Crippen LogP contribution is -2.16. The fraction of sp³-hybridized carbons (Fsp3) is 0.707. The number of hydrogen-bond acceptors (Lipinski definition) is 2. The molecule has 0 saturated carbocycles. The maximum absolute atomic E-state index is 11.6. The van der Waals surface area contributed by atoms with Crippen LogP contribution in [0.1, 0.15) is 197 Å². The molecule has 0 aliphatic carbocycles. The number of benzene rings is 2. The number of phenolic OH excluding ortho intramolecular Hbond substituents is 2. The number of hydrogen-bond donors (Lipinski definition) is 2. The van der Waals surface area contributed by atoms with Crippen LogP contribution in [0.5, 0.6) is 11.5 Å². The maximum atomic E-state index is 11.6. The Kier molecular flexibility index (Phi) is 15.7. The maximum Gasteiger partial charge on any atom is 0.123 e. The molecule has 0 fully saturated rings. The second-order valence-electron chi connectivity index (χ2n) is 15.6. The molecule has 0 spiro atoms. The number of unbranched alkanes of at least 4 members (excludes halogenated alkanes) is 15. The van der Waals surface area contributed by atoms with E-state index < -0.39 is 0 Å². The average Bonchev–Trinajstić information content (AvgIpc) is 2.92. The molecule has 0 aliphatic rings. The van der Waals surface area contributed by atoms with Gasteiger partial charge in [0.2, 0.25) is 0 Å². The molecule has 43 heavy (non-hydrogen) atoms. The second kappa shape index (κ2) is 18.1. The lowest BCUT2D eigenvalue weighted by atomic mass is 9.77. The summed E-state index contributed by atoms with van der Waals surface area (Å²) in [5.41, 5.74) is 5.92. The van der Waals surface area contributed by atoms with E-state index in [1.807, 2.05) is 0 Å². The molecule has 0 radical (unpaired) electrons. The van der Waals surface area contributed by atoms with Crippen molar-refractivity contribution in [3.63, 3.8) is 0 Å². The van der Waals surface area contributed by atoms with E-state index in [4.69, 9.17) is 0 Å². The molecule has 0 saturated heterocycles. The Labute approximate surface area is 267 Å². The van der Waals surface area contributed by atoms with Crippen molar-refractivity contribution in [1.82, 2.24) is 0 Å². The summed E-state index contributed by atoms with van der Waals surface area (Å²) in [6.45, 7) is 19.5. The highest BCUT2D eigenvalue weighted by atomic mass is 16.3. The van der Waals surface area contributed by atoms with Gasteiger partial charge in [0.15, 0.2) is 0 Å². The zero-order valence-corrected chi connectivity index (χ0v) is 29.8. The van der Waals surface area contributed by atoms with Crippen LogP contribution < -0.4 is 0 Å². The summed E-state index contributed by atoms with van der Waals surface area (Å²) < 4.78 is 0. The van der Waals surface area contributed by atoms with E-state index >= 15 is 0 Å². The predicted octanol–water partition coefficient (Wildman–Crippen LogP) is 13.1. The molecule has 2 nitrogen and oxygen atoms in total. The SMILES string of the molecule is CCCCCCCCCCCCCCCCCCC(c1cc(C)cc(C(C)(C)C)c1O)c1cc(C)cc(C(C)(C)C)c1O. The molecule has 2 aromatic carbocycles. The van der Waals surface area contributed by atoms with Gasteiger partial charge in [-0.1, -0.05) is 187 Å². The molecule has 0 unspecified atom stereocenters. The number of rotatable bonds is 19. The standard InChI is InChI=1S/C41H68O2/c1-10-11-12-13-14-15-16-17-18-19-20-21-22-23-24-25-26-33(34-27-31(2)29-36(38(34)42)40(4,5)6)35-28-32(3)30-37(39(35)43)41(7,8)9/h27-30,33,42-43H,10-26H2,1-9H3. The highest BCUT2D eigenvalue weighted by Crippen LogP contribution is 2.46. The van der Waals surface area contributed by atoms with Gasteiger partial charge in [0, 0.05) is 17.0 Å². The first-order chi connectivity index (χ1) is 20.3. The van der Waals surface area contributed by atoms with Crippen LogP contribution in [0.15, 0.2) is 24.3 Å². The van der Waals surface area contributed by atoms with Crippen molar-refractivity contribution < 1.29 is 10.2 Å². The molecule has 0 atom stereocenters. The fourth-order valence-corrected chi connectivity index (χ4v) is 6.66. The second-order valence-corrected chi connectivity index (χ2v) is 15.6. The Balaban J connectivity index is 1.99. The summed E-state index contributed by atoms with van der Waals surface area (Å²) >= 11 is 0. The molecule has 0 amide bonds. The third kappa shape index (κ3) is 12.5. The summed E-state index contributed by atoms with van der Waals surface area (Å²) in [6.07, 6.45) is 22.6. The first-order valence-electron chi connectivity index (χ1n) is 17.9. The van der Waals surface area contributed by atoms with E-state index in [9.17, 15) is 10.2 Å². The Morgan fingerprint density at radius 2 is 0.791 bits per heavy atom. The van der Waals surface area contributed by atoms with Crippen LogP contribution in [0.4, 0.5) is 0 Å². The predicted molar refractivity (Wildman–Crippen MR) is 189 cm³/mol. The zero-order valence-electron chi connectivity index (χ0n) is 29.8. The van der Waals surface area contributed by atoms with Crippen molar-refractivity contribution >= 4 is 0 Å². The normalized spacial score (nSPS) is 12.4. The van der Waals surface area contributed by atoms with Crippen molar-refractivity contribution in [1.29, 1.82) is 0 Å². The van der Waals surface area contributed by atoms with Crippen LogP contribution >= 0.6 is 0 Å². The van der Waals surface area contributed by atoms with Gasteiger partial charge in [0.25, 0.3) is 0 Å². The van der Waals surface area contributed by atoms with Gasteiger partial charge in [-0.05, 0) is 42.2 Å². The van der Waals surface area contributed by atoms with Crippen molar-refractivity contribution in [3.8, 4) is 11.5 Å². The monoisotopic (exact) mass is 593 g/mol. The van der Waals surface area contributed by atoms with E-state index in [-0.39, 0.29) is 16.7 Å². The Bertz CT molecular complexity index is 1010. The highest BCUT2D eigenvalue weighted by Gasteiger charge is 2.29. The molecule has 2 aromatic rings. The average molecular weight is 593 g/mol. The van der Waals surface area contributed by atoms with Crippen molar-refractivity contribution in [2.24, 2.45) is 0 Å². The van der Waals surface area contributed by atoms with Crippen LogP contribution in [-0.4, -0.2) is 10.2 Å². The minimum Gasteiger partial charge on any atom is -0.507 e. The topological polar surface area (TPSA) is 40.5 Å². The number of phenols is 2. The molecule has 0 heterocycles. The molecule has 0 aliphatic heterocycles. The van der Waals surface area contributed by atoms with Gasteiger partial charge in [-0.15, -0.1) is 0 Å². The van der Waals surface area contributed by atoms with Crippen LogP contribution in [-0.2, 0) is 10.8 Å². The van der Waals surface area contributed by atoms with Crippen LogP contribution in [0, 0.1) is 13.8 Å². The first kappa shape index (κ1) is 37.2. The highest BCUT2D eigenvalue weighted by molar-refractivity contribution is 5.56. The zero-order chi connectivity index (χ0) is 32.0. The molecular formula is C41H68O2. The Hall–Kier alpha value is -1.96. The molecule has 244 valence electrons. The summed E-state index contributed by atoms with van der Waals surface area (Å²) in [7, 11) is 0. The van der Waals surface area contributed by atoms with Crippen molar-refractivity contribution in [2.45, 2.75) is 188 Å². The summed E-state index contributed by atoms with van der Waals surface area (Å²) in [6, 6.07) is 8.56. The van der Waals surface area contributed by atoms with E-state index in [1.165, 1.54) is 96.3 Å². The van der Waals surface area contributed by atoms with Gasteiger partial charge in [0.05, 0.1) is 0 Å². The molecule has 2 heteroatoms. The molecule has 0 aromatic heterocycles. The lowest BCUT2D eigenvalue weighted by molar-refractivity contribution is 0.422. The van der Waals surface area contributed by atoms with Crippen molar-refractivity contribution in [2.75, 3.05) is 0 Å². The van der Waals surface area contributed by atoms with E-state index in [1.54, 1.807) is 0 Å². The van der Waals surface area contributed by atoms with Crippen LogP contribution in [0.25, 0.3) is 0 Å². The van der Waals surface area contributed by atoms with Crippen molar-refractivity contribution in [3.05, 3.63) is 57.6 Å². The van der Waals surface area contributed by atoms with E-state index in [0.717, 1.165) is 46.2 Å². The molecule has 2 N–H and O–H groups in total. The number of aryl methyl sites for hydroxylation is 2. The van der Waals surface area contributed by atoms with Gasteiger partial charge in [0.1, 0.15) is 11.5 Å². The summed E-state index contributed by atoms with van der Waals surface area (Å²) in [5, 5.41) is 23.2. The molecule has 2 rings (SSSR count).